The summed E-state index contributed by atoms with van der Waals surface area (Å²) in [5.74, 6) is 0.948. The molecule has 90 valence electrons. The van der Waals surface area contributed by atoms with Gasteiger partial charge in [0.05, 0.1) is 5.69 Å². The largest absolute Gasteiger partial charge is 0.373 e. The van der Waals surface area contributed by atoms with Crippen molar-refractivity contribution in [2.75, 3.05) is 12.4 Å². The summed E-state index contributed by atoms with van der Waals surface area (Å²) in [6.45, 7) is 5.08. The SMILES string of the molecule is CNc1nc(CNC(C)C)cc2ccccc12. The average molecular weight is 229 g/mol. The molecular formula is C14H19N3. The molecule has 0 aliphatic carbocycles. The van der Waals surface area contributed by atoms with Gasteiger partial charge in [0.15, 0.2) is 0 Å². The quantitative estimate of drug-likeness (QED) is 0.846. The predicted octanol–water partition coefficient (Wildman–Crippen LogP) is 2.77. The van der Waals surface area contributed by atoms with Crippen LogP contribution in [0.5, 0.6) is 0 Å². The highest BCUT2D eigenvalue weighted by Gasteiger charge is 2.04. The lowest BCUT2D eigenvalue weighted by atomic mass is 10.1. The van der Waals surface area contributed by atoms with E-state index in [-0.39, 0.29) is 0 Å². The molecule has 0 fully saturated rings. The molecule has 3 heteroatoms. The summed E-state index contributed by atoms with van der Waals surface area (Å²) in [6.07, 6.45) is 0. The molecule has 3 nitrogen and oxygen atoms in total. The predicted molar refractivity (Wildman–Crippen MR) is 73.3 cm³/mol. The van der Waals surface area contributed by atoms with Crippen LogP contribution in [0.15, 0.2) is 30.3 Å². The molecular weight excluding hydrogens is 210 g/mol. The van der Waals surface area contributed by atoms with E-state index in [1.54, 1.807) is 0 Å². The van der Waals surface area contributed by atoms with E-state index in [4.69, 9.17) is 0 Å². The van der Waals surface area contributed by atoms with Crippen molar-refractivity contribution in [2.45, 2.75) is 26.4 Å². The first kappa shape index (κ1) is 11.9. The number of pyridine rings is 1. The van der Waals surface area contributed by atoms with Crippen LogP contribution in [0.25, 0.3) is 10.8 Å². The Bertz CT molecular complexity index is 506. The Balaban J connectivity index is 2.38. The van der Waals surface area contributed by atoms with E-state index in [0.717, 1.165) is 18.1 Å². The van der Waals surface area contributed by atoms with Crippen molar-refractivity contribution in [3.63, 3.8) is 0 Å². The number of aromatic nitrogens is 1. The van der Waals surface area contributed by atoms with Gasteiger partial charge >= 0.3 is 0 Å². The summed E-state index contributed by atoms with van der Waals surface area (Å²) in [6, 6.07) is 10.9. The Kier molecular flexibility index (Phi) is 3.59. The molecule has 0 atom stereocenters. The van der Waals surface area contributed by atoms with E-state index >= 15 is 0 Å². The molecule has 17 heavy (non-hydrogen) atoms. The maximum atomic E-state index is 4.62. The smallest absolute Gasteiger partial charge is 0.133 e. The lowest BCUT2D eigenvalue weighted by Gasteiger charge is -2.11. The van der Waals surface area contributed by atoms with E-state index in [1.807, 2.05) is 13.1 Å². The molecule has 2 aromatic rings. The summed E-state index contributed by atoms with van der Waals surface area (Å²) in [4.78, 5) is 4.62. The first-order chi connectivity index (χ1) is 8.20. The summed E-state index contributed by atoms with van der Waals surface area (Å²) >= 11 is 0. The summed E-state index contributed by atoms with van der Waals surface area (Å²) < 4.78 is 0. The van der Waals surface area contributed by atoms with E-state index < -0.39 is 0 Å². The molecule has 0 unspecified atom stereocenters. The van der Waals surface area contributed by atoms with E-state index in [2.05, 4.69) is 53.7 Å². The molecule has 0 saturated heterocycles. The van der Waals surface area contributed by atoms with Crippen molar-refractivity contribution in [1.29, 1.82) is 0 Å². The molecule has 2 rings (SSSR count). The normalized spacial score (nSPS) is 11.1. The van der Waals surface area contributed by atoms with Crippen molar-refractivity contribution in [2.24, 2.45) is 0 Å². The number of hydrogen-bond acceptors (Lipinski definition) is 3. The summed E-state index contributed by atoms with van der Waals surface area (Å²) in [7, 11) is 1.91. The molecule has 0 aliphatic rings. The number of hydrogen-bond donors (Lipinski definition) is 2. The minimum atomic E-state index is 0.473. The molecule has 1 heterocycles. The van der Waals surface area contributed by atoms with Crippen LogP contribution in [0.4, 0.5) is 5.82 Å². The third kappa shape index (κ3) is 2.74. The van der Waals surface area contributed by atoms with Gasteiger partial charge in [0.1, 0.15) is 5.82 Å². The molecule has 0 spiro atoms. The first-order valence-electron chi connectivity index (χ1n) is 6.00. The molecule has 0 saturated carbocycles. The van der Waals surface area contributed by atoms with Gasteiger partial charge in [-0.3, -0.25) is 0 Å². The number of fused-ring (bicyclic) bond motifs is 1. The number of anilines is 1. The van der Waals surface area contributed by atoms with Gasteiger partial charge in [-0.2, -0.15) is 0 Å². The fraction of sp³-hybridized carbons (Fsp3) is 0.357. The second-order valence-electron chi connectivity index (χ2n) is 4.47. The fourth-order valence-electron chi connectivity index (χ4n) is 1.84. The second kappa shape index (κ2) is 5.15. The standard InChI is InChI=1S/C14H19N3/c1-10(2)16-9-12-8-11-6-4-5-7-13(11)14(15-3)17-12/h4-8,10,16H,9H2,1-3H3,(H,15,17). The maximum Gasteiger partial charge on any atom is 0.133 e. The van der Waals surface area contributed by atoms with Crippen LogP contribution in [-0.4, -0.2) is 18.1 Å². The van der Waals surface area contributed by atoms with Crippen LogP contribution < -0.4 is 10.6 Å². The summed E-state index contributed by atoms with van der Waals surface area (Å²) in [5.41, 5.74) is 1.07. The van der Waals surface area contributed by atoms with Crippen molar-refractivity contribution >= 4 is 16.6 Å². The molecule has 1 aromatic carbocycles. The zero-order valence-electron chi connectivity index (χ0n) is 10.6. The number of benzene rings is 1. The highest BCUT2D eigenvalue weighted by atomic mass is 15.0. The first-order valence-corrected chi connectivity index (χ1v) is 6.00. The van der Waals surface area contributed by atoms with Gasteiger partial charge in [0.25, 0.3) is 0 Å². The number of nitrogens with zero attached hydrogens (tertiary/aromatic N) is 1. The average Bonchev–Trinajstić information content (AvgIpc) is 2.35. The van der Waals surface area contributed by atoms with Gasteiger partial charge < -0.3 is 10.6 Å². The van der Waals surface area contributed by atoms with E-state index in [0.29, 0.717) is 6.04 Å². The zero-order valence-corrected chi connectivity index (χ0v) is 10.6. The number of nitrogens with one attached hydrogen (secondary N) is 2. The molecule has 2 N–H and O–H groups in total. The Morgan fingerprint density at radius 3 is 2.71 bits per heavy atom. The minimum Gasteiger partial charge on any atom is -0.373 e. The van der Waals surface area contributed by atoms with E-state index in [1.165, 1.54) is 10.8 Å². The fourth-order valence-corrected chi connectivity index (χ4v) is 1.84. The Morgan fingerprint density at radius 2 is 2.00 bits per heavy atom. The van der Waals surface area contributed by atoms with E-state index in [9.17, 15) is 0 Å². The van der Waals surface area contributed by atoms with Gasteiger partial charge in [-0.25, -0.2) is 4.98 Å². The van der Waals surface area contributed by atoms with Crippen LogP contribution in [0.2, 0.25) is 0 Å². The molecule has 1 aromatic heterocycles. The third-order valence-corrected chi connectivity index (χ3v) is 2.72. The van der Waals surface area contributed by atoms with Gasteiger partial charge in [0, 0.05) is 25.0 Å². The Labute approximate surface area is 102 Å². The highest BCUT2D eigenvalue weighted by Crippen LogP contribution is 2.21. The van der Waals surface area contributed by atoms with Crippen LogP contribution in [-0.2, 0) is 6.54 Å². The van der Waals surface area contributed by atoms with Crippen LogP contribution in [0.3, 0.4) is 0 Å². The summed E-state index contributed by atoms with van der Waals surface area (Å²) in [5, 5.41) is 8.95. The van der Waals surface area contributed by atoms with Gasteiger partial charge in [-0.15, -0.1) is 0 Å². The maximum absolute atomic E-state index is 4.62. The zero-order chi connectivity index (χ0) is 12.3. The van der Waals surface area contributed by atoms with Crippen LogP contribution >= 0.6 is 0 Å². The third-order valence-electron chi connectivity index (χ3n) is 2.72. The monoisotopic (exact) mass is 229 g/mol. The van der Waals surface area contributed by atoms with Crippen molar-refractivity contribution in [3.8, 4) is 0 Å². The minimum absolute atomic E-state index is 0.473. The lowest BCUT2D eigenvalue weighted by Crippen LogP contribution is -2.22. The highest BCUT2D eigenvalue weighted by molar-refractivity contribution is 5.92. The number of rotatable bonds is 4. The Hall–Kier alpha value is -1.61. The second-order valence-corrected chi connectivity index (χ2v) is 4.47. The molecule has 0 bridgehead atoms. The van der Waals surface area contributed by atoms with Crippen molar-refractivity contribution in [1.82, 2.24) is 10.3 Å². The van der Waals surface area contributed by atoms with Gasteiger partial charge in [0.2, 0.25) is 0 Å². The van der Waals surface area contributed by atoms with Gasteiger partial charge in [-0.1, -0.05) is 38.1 Å². The molecule has 0 radical (unpaired) electrons. The Morgan fingerprint density at radius 1 is 1.24 bits per heavy atom. The van der Waals surface area contributed by atoms with Crippen LogP contribution in [0, 0.1) is 0 Å². The lowest BCUT2D eigenvalue weighted by molar-refractivity contribution is 0.582. The molecule has 0 amide bonds. The van der Waals surface area contributed by atoms with Crippen molar-refractivity contribution in [3.05, 3.63) is 36.0 Å². The van der Waals surface area contributed by atoms with Crippen molar-refractivity contribution < 1.29 is 0 Å². The topological polar surface area (TPSA) is 37.0 Å². The van der Waals surface area contributed by atoms with Gasteiger partial charge in [-0.05, 0) is 11.5 Å². The molecule has 0 aliphatic heterocycles. The van der Waals surface area contributed by atoms with Crippen LogP contribution in [0.1, 0.15) is 19.5 Å².